The van der Waals surface area contributed by atoms with Gasteiger partial charge in [-0.25, -0.2) is 4.99 Å². The molecular weight excluding hydrogens is 296 g/mol. The molecule has 5 heteroatoms. The van der Waals surface area contributed by atoms with Gasteiger partial charge in [-0.15, -0.1) is 0 Å². The molecule has 0 saturated carbocycles. The molecule has 0 amide bonds. The summed E-state index contributed by atoms with van der Waals surface area (Å²) in [6, 6.07) is 14.6. The van der Waals surface area contributed by atoms with Crippen LogP contribution in [0, 0.1) is 0 Å². The van der Waals surface area contributed by atoms with Crippen molar-refractivity contribution in [1.29, 1.82) is 0 Å². The Morgan fingerprint density at radius 1 is 1.09 bits per heavy atom. The second-order valence-corrected chi connectivity index (χ2v) is 5.51. The fraction of sp³-hybridized carbons (Fsp3) is 0.0588. The number of phenols is 1. The Bertz CT molecular complexity index is 825. The molecular formula is C17H12N2O2S. The number of phenolic OH excluding ortho intramolecular Hbond substituents is 1. The second-order valence-electron chi connectivity index (χ2n) is 5.10. The van der Waals surface area contributed by atoms with Gasteiger partial charge in [0.2, 0.25) is 5.90 Å². The van der Waals surface area contributed by atoms with E-state index in [1.165, 1.54) is 0 Å². The maximum atomic E-state index is 9.39. The highest BCUT2D eigenvalue weighted by Crippen LogP contribution is 2.31. The van der Waals surface area contributed by atoms with Crippen molar-refractivity contribution in [2.45, 2.75) is 6.17 Å². The Labute approximate surface area is 132 Å². The van der Waals surface area contributed by atoms with Crippen LogP contribution >= 0.6 is 12.2 Å². The van der Waals surface area contributed by atoms with Crippen LogP contribution < -0.4 is 10.1 Å². The highest BCUT2D eigenvalue weighted by Gasteiger charge is 2.28. The van der Waals surface area contributed by atoms with Crippen LogP contribution in [0.4, 0.5) is 0 Å². The van der Waals surface area contributed by atoms with Gasteiger partial charge in [0.1, 0.15) is 22.7 Å². The smallest absolute Gasteiger partial charge is 0.227 e. The highest BCUT2D eigenvalue weighted by atomic mass is 32.1. The molecule has 0 radical (unpaired) electrons. The molecule has 108 valence electrons. The summed E-state index contributed by atoms with van der Waals surface area (Å²) < 4.78 is 5.89. The lowest BCUT2D eigenvalue weighted by Crippen LogP contribution is -2.38. The molecule has 0 aliphatic carbocycles. The lowest BCUT2D eigenvalue weighted by molar-refractivity contribution is 0.474. The molecule has 4 rings (SSSR count). The predicted octanol–water partition coefficient (Wildman–Crippen LogP) is 3.20. The van der Waals surface area contributed by atoms with Crippen LogP contribution in [0.1, 0.15) is 17.3 Å². The molecule has 1 atom stereocenters. The van der Waals surface area contributed by atoms with Crippen molar-refractivity contribution in [1.82, 2.24) is 5.32 Å². The molecule has 2 aliphatic rings. The van der Waals surface area contributed by atoms with Crippen LogP contribution in [0.5, 0.6) is 11.5 Å². The van der Waals surface area contributed by atoms with Crippen LogP contribution in [0.3, 0.4) is 0 Å². The van der Waals surface area contributed by atoms with Crippen LogP contribution in [0.2, 0.25) is 0 Å². The lowest BCUT2D eigenvalue weighted by Gasteiger charge is -2.28. The second kappa shape index (κ2) is 4.96. The van der Waals surface area contributed by atoms with E-state index in [0.717, 1.165) is 22.4 Å². The summed E-state index contributed by atoms with van der Waals surface area (Å²) in [4.78, 5) is 5.21. The van der Waals surface area contributed by atoms with Crippen molar-refractivity contribution < 1.29 is 9.84 Å². The molecule has 2 aliphatic heterocycles. The van der Waals surface area contributed by atoms with Crippen LogP contribution in [-0.4, -0.2) is 16.0 Å². The fourth-order valence-corrected chi connectivity index (χ4v) is 2.75. The minimum Gasteiger partial charge on any atom is -0.508 e. The molecule has 2 heterocycles. The summed E-state index contributed by atoms with van der Waals surface area (Å²) in [5, 5.41) is 12.6. The number of hydrogen-bond acceptors (Lipinski definition) is 4. The summed E-state index contributed by atoms with van der Waals surface area (Å²) in [7, 11) is 0. The third kappa shape index (κ3) is 2.16. The topological polar surface area (TPSA) is 53.9 Å². The van der Waals surface area contributed by atoms with Gasteiger partial charge in [0.25, 0.3) is 0 Å². The Morgan fingerprint density at radius 2 is 1.86 bits per heavy atom. The average Bonchev–Trinajstić information content (AvgIpc) is 2.54. The number of nitrogens with zero attached hydrogens (tertiary/aromatic N) is 1. The number of para-hydroxylation sites is 1. The van der Waals surface area contributed by atoms with E-state index >= 15 is 0 Å². The molecule has 22 heavy (non-hydrogen) atoms. The Kier molecular flexibility index (Phi) is 2.94. The first-order valence-electron chi connectivity index (χ1n) is 6.87. The molecule has 2 N–H and O–H groups in total. The largest absolute Gasteiger partial charge is 0.508 e. The monoisotopic (exact) mass is 308 g/mol. The standard InChI is InChI=1S/C17H12N2O2S/c20-12-7-5-10(6-8-12)15-18-16-13(17(22)19-15)9-11-3-1-2-4-14(11)21-16/h1-9,15,20H,(H,19,22). The maximum absolute atomic E-state index is 9.39. The number of benzene rings is 2. The normalized spacial score (nSPS) is 19.1. The minimum absolute atomic E-state index is 0.221. The number of aliphatic imine (C=N–C) groups is 1. The first kappa shape index (κ1) is 13.0. The highest BCUT2D eigenvalue weighted by molar-refractivity contribution is 7.80. The van der Waals surface area contributed by atoms with E-state index in [1.807, 2.05) is 42.5 Å². The first-order chi connectivity index (χ1) is 10.7. The molecule has 0 fully saturated rings. The maximum Gasteiger partial charge on any atom is 0.227 e. The molecule has 4 nitrogen and oxygen atoms in total. The third-order valence-electron chi connectivity index (χ3n) is 3.62. The Morgan fingerprint density at radius 3 is 2.68 bits per heavy atom. The molecule has 2 aromatic carbocycles. The van der Waals surface area contributed by atoms with E-state index in [-0.39, 0.29) is 11.9 Å². The molecule has 0 saturated heterocycles. The van der Waals surface area contributed by atoms with Gasteiger partial charge in [0.05, 0.1) is 5.57 Å². The van der Waals surface area contributed by atoms with Crippen LogP contribution in [-0.2, 0) is 0 Å². The van der Waals surface area contributed by atoms with E-state index in [4.69, 9.17) is 17.0 Å². The predicted molar refractivity (Wildman–Crippen MR) is 89.1 cm³/mol. The van der Waals surface area contributed by atoms with Crippen molar-refractivity contribution in [3.8, 4) is 11.5 Å². The molecule has 0 bridgehead atoms. The van der Waals surface area contributed by atoms with Crippen LogP contribution in [0.25, 0.3) is 6.08 Å². The lowest BCUT2D eigenvalue weighted by atomic mass is 10.0. The summed E-state index contributed by atoms with van der Waals surface area (Å²) in [5.41, 5.74) is 2.70. The first-order valence-corrected chi connectivity index (χ1v) is 7.28. The van der Waals surface area contributed by atoms with Gasteiger partial charge < -0.3 is 15.2 Å². The summed E-state index contributed by atoms with van der Waals surface area (Å²) >= 11 is 5.45. The van der Waals surface area contributed by atoms with Gasteiger partial charge in [-0.3, -0.25) is 0 Å². The van der Waals surface area contributed by atoms with Crippen molar-refractivity contribution >= 4 is 29.2 Å². The number of nitrogens with one attached hydrogen (secondary N) is 1. The average molecular weight is 308 g/mol. The summed E-state index contributed by atoms with van der Waals surface area (Å²) in [6.45, 7) is 0. The van der Waals surface area contributed by atoms with E-state index in [1.54, 1.807) is 12.1 Å². The fourth-order valence-electron chi connectivity index (χ4n) is 2.49. The summed E-state index contributed by atoms with van der Waals surface area (Å²) in [5.74, 6) is 1.53. The summed E-state index contributed by atoms with van der Waals surface area (Å²) in [6.07, 6.45) is 1.67. The zero-order chi connectivity index (χ0) is 15.1. The molecule has 2 aromatic rings. The van der Waals surface area contributed by atoms with Crippen molar-refractivity contribution in [2.24, 2.45) is 4.99 Å². The zero-order valence-electron chi connectivity index (χ0n) is 11.5. The SMILES string of the molecule is Oc1ccc(C2N=C3Oc4ccccc4C=C3C(=S)N2)cc1. The van der Waals surface area contributed by atoms with Gasteiger partial charge in [-0.05, 0) is 29.8 Å². The van der Waals surface area contributed by atoms with Gasteiger partial charge in [-0.2, -0.15) is 0 Å². The van der Waals surface area contributed by atoms with Crippen LogP contribution in [0.15, 0.2) is 59.1 Å². The van der Waals surface area contributed by atoms with Gasteiger partial charge in [-0.1, -0.05) is 42.5 Å². The minimum atomic E-state index is -0.314. The van der Waals surface area contributed by atoms with Gasteiger partial charge in [0, 0.05) is 5.56 Å². The van der Waals surface area contributed by atoms with E-state index in [9.17, 15) is 5.11 Å². The van der Waals surface area contributed by atoms with E-state index < -0.39 is 0 Å². The molecule has 0 aromatic heterocycles. The van der Waals surface area contributed by atoms with Crippen molar-refractivity contribution in [3.63, 3.8) is 0 Å². The van der Waals surface area contributed by atoms with Crippen molar-refractivity contribution in [3.05, 3.63) is 65.2 Å². The number of hydrogen-bond donors (Lipinski definition) is 2. The van der Waals surface area contributed by atoms with E-state index in [0.29, 0.717) is 10.9 Å². The molecule has 0 spiro atoms. The van der Waals surface area contributed by atoms with Gasteiger partial charge >= 0.3 is 0 Å². The number of ether oxygens (including phenoxy) is 1. The number of fused-ring (bicyclic) bond motifs is 2. The third-order valence-corrected chi connectivity index (χ3v) is 3.96. The quantitative estimate of drug-likeness (QED) is 0.794. The number of rotatable bonds is 1. The molecule has 1 unspecified atom stereocenters. The number of thiocarbonyl (C=S) groups is 1. The Hall–Kier alpha value is -2.66. The Balaban J connectivity index is 1.75. The zero-order valence-corrected chi connectivity index (χ0v) is 12.3. The number of aromatic hydroxyl groups is 1. The van der Waals surface area contributed by atoms with Crippen molar-refractivity contribution in [2.75, 3.05) is 0 Å². The van der Waals surface area contributed by atoms with E-state index in [2.05, 4.69) is 10.3 Å². The van der Waals surface area contributed by atoms with Gasteiger partial charge in [0.15, 0.2) is 0 Å².